The molecule has 0 saturated carbocycles. The summed E-state index contributed by atoms with van der Waals surface area (Å²) in [6, 6.07) is 15.7. The number of hydrogen-bond acceptors (Lipinski definition) is 4. The molecule has 0 amide bonds. The molecule has 3 rings (SSSR count). The molecule has 1 aromatic heterocycles. The van der Waals surface area contributed by atoms with Crippen molar-refractivity contribution in [3.05, 3.63) is 48.5 Å². The van der Waals surface area contributed by atoms with Crippen molar-refractivity contribution in [2.75, 3.05) is 20.8 Å². The highest BCUT2D eigenvalue weighted by molar-refractivity contribution is 5.94. The molecule has 0 aliphatic rings. The SMILES string of the molecule is CCOc1cc(-c2ccccc2)nc2cc(OC)cc(OC)c12. The van der Waals surface area contributed by atoms with Crippen LogP contribution in [-0.4, -0.2) is 25.8 Å². The predicted octanol–water partition coefficient (Wildman–Crippen LogP) is 4.32. The second-order valence-corrected chi connectivity index (χ2v) is 5.03. The van der Waals surface area contributed by atoms with Gasteiger partial charge in [0, 0.05) is 23.8 Å². The summed E-state index contributed by atoms with van der Waals surface area (Å²) in [5.74, 6) is 2.15. The average molecular weight is 309 g/mol. The minimum atomic E-state index is 0.572. The minimum absolute atomic E-state index is 0.572. The molecule has 0 bridgehead atoms. The van der Waals surface area contributed by atoms with Crippen LogP contribution < -0.4 is 14.2 Å². The lowest BCUT2D eigenvalue weighted by Crippen LogP contribution is -1.98. The van der Waals surface area contributed by atoms with Gasteiger partial charge in [-0.3, -0.25) is 0 Å². The highest BCUT2D eigenvalue weighted by atomic mass is 16.5. The Hall–Kier alpha value is -2.75. The average Bonchev–Trinajstić information content (AvgIpc) is 2.61. The zero-order valence-electron chi connectivity index (χ0n) is 13.5. The van der Waals surface area contributed by atoms with E-state index in [1.165, 1.54) is 0 Å². The van der Waals surface area contributed by atoms with Crippen molar-refractivity contribution in [3.8, 4) is 28.5 Å². The lowest BCUT2D eigenvalue weighted by molar-refractivity contribution is 0.342. The van der Waals surface area contributed by atoms with Gasteiger partial charge in [-0.2, -0.15) is 0 Å². The highest BCUT2D eigenvalue weighted by Crippen LogP contribution is 2.38. The van der Waals surface area contributed by atoms with Crippen molar-refractivity contribution in [1.82, 2.24) is 4.98 Å². The van der Waals surface area contributed by atoms with Gasteiger partial charge in [0.1, 0.15) is 17.2 Å². The molecule has 118 valence electrons. The first kappa shape index (κ1) is 15.2. The number of hydrogen-bond donors (Lipinski definition) is 0. The van der Waals surface area contributed by atoms with Crippen LogP contribution in [0.4, 0.5) is 0 Å². The third kappa shape index (κ3) is 2.93. The standard InChI is InChI=1S/C19H19NO3/c1-4-23-18-12-15(13-8-6-5-7-9-13)20-16-10-14(21-2)11-17(22-3)19(16)18/h5-12H,4H2,1-3H3. The van der Waals surface area contributed by atoms with Crippen molar-refractivity contribution >= 4 is 10.9 Å². The number of aromatic nitrogens is 1. The third-order valence-electron chi connectivity index (χ3n) is 3.63. The van der Waals surface area contributed by atoms with Gasteiger partial charge in [0.25, 0.3) is 0 Å². The van der Waals surface area contributed by atoms with E-state index in [0.717, 1.165) is 27.9 Å². The first-order valence-electron chi connectivity index (χ1n) is 7.51. The van der Waals surface area contributed by atoms with Crippen LogP contribution >= 0.6 is 0 Å². The van der Waals surface area contributed by atoms with Gasteiger partial charge < -0.3 is 14.2 Å². The maximum absolute atomic E-state index is 5.84. The molecule has 0 aliphatic heterocycles. The molecule has 0 radical (unpaired) electrons. The van der Waals surface area contributed by atoms with Crippen LogP contribution in [0.3, 0.4) is 0 Å². The van der Waals surface area contributed by atoms with Gasteiger partial charge in [-0.1, -0.05) is 30.3 Å². The highest BCUT2D eigenvalue weighted by Gasteiger charge is 2.14. The van der Waals surface area contributed by atoms with Gasteiger partial charge in [-0.15, -0.1) is 0 Å². The molecule has 23 heavy (non-hydrogen) atoms. The second kappa shape index (κ2) is 6.57. The van der Waals surface area contributed by atoms with Crippen molar-refractivity contribution < 1.29 is 14.2 Å². The molecular weight excluding hydrogens is 290 g/mol. The van der Waals surface area contributed by atoms with E-state index in [9.17, 15) is 0 Å². The Bertz CT molecular complexity index is 816. The zero-order chi connectivity index (χ0) is 16.2. The normalized spacial score (nSPS) is 10.6. The minimum Gasteiger partial charge on any atom is -0.497 e. The molecular formula is C19H19NO3. The van der Waals surface area contributed by atoms with Crippen LogP contribution in [0.25, 0.3) is 22.2 Å². The van der Waals surface area contributed by atoms with E-state index in [1.807, 2.05) is 55.5 Å². The van der Waals surface area contributed by atoms with E-state index in [-0.39, 0.29) is 0 Å². The summed E-state index contributed by atoms with van der Waals surface area (Å²) >= 11 is 0. The topological polar surface area (TPSA) is 40.6 Å². The summed E-state index contributed by atoms with van der Waals surface area (Å²) in [7, 11) is 3.26. The van der Waals surface area contributed by atoms with Crippen molar-refractivity contribution in [2.45, 2.75) is 6.92 Å². The zero-order valence-corrected chi connectivity index (χ0v) is 13.5. The Morgan fingerprint density at radius 2 is 1.70 bits per heavy atom. The second-order valence-electron chi connectivity index (χ2n) is 5.03. The smallest absolute Gasteiger partial charge is 0.135 e. The van der Waals surface area contributed by atoms with Crippen LogP contribution in [0, 0.1) is 0 Å². The summed E-state index contributed by atoms with van der Waals surface area (Å²) in [4.78, 5) is 4.77. The van der Waals surface area contributed by atoms with Gasteiger partial charge in [0.05, 0.1) is 37.4 Å². The van der Waals surface area contributed by atoms with Gasteiger partial charge >= 0.3 is 0 Å². The monoisotopic (exact) mass is 309 g/mol. The first-order valence-corrected chi connectivity index (χ1v) is 7.51. The summed E-state index contributed by atoms with van der Waals surface area (Å²) in [6.45, 7) is 2.53. The fourth-order valence-electron chi connectivity index (χ4n) is 2.58. The molecule has 0 fully saturated rings. The quantitative estimate of drug-likeness (QED) is 0.704. The molecule has 0 unspecified atom stereocenters. The molecule has 2 aromatic carbocycles. The van der Waals surface area contributed by atoms with E-state index in [4.69, 9.17) is 19.2 Å². The number of ether oxygens (including phenoxy) is 3. The Labute approximate surface area is 135 Å². The summed E-state index contributed by atoms with van der Waals surface area (Å²) in [5.41, 5.74) is 2.68. The van der Waals surface area contributed by atoms with E-state index in [1.54, 1.807) is 14.2 Å². The number of methoxy groups -OCH3 is 2. The lowest BCUT2D eigenvalue weighted by Gasteiger charge is -2.14. The number of rotatable bonds is 5. The van der Waals surface area contributed by atoms with Crippen LogP contribution in [-0.2, 0) is 0 Å². The number of benzene rings is 2. The van der Waals surface area contributed by atoms with Crippen LogP contribution in [0.15, 0.2) is 48.5 Å². The van der Waals surface area contributed by atoms with Crippen molar-refractivity contribution in [3.63, 3.8) is 0 Å². The molecule has 0 aliphatic carbocycles. The van der Waals surface area contributed by atoms with Gasteiger partial charge in [0.2, 0.25) is 0 Å². The van der Waals surface area contributed by atoms with E-state index in [0.29, 0.717) is 18.1 Å². The maximum atomic E-state index is 5.84. The summed E-state index contributed by atoms with van der Waals surface area (Å²) in [6.07, 6.45) is 0. The van der Waals surface area contributed by atoms with Crippen molar-refractivity contribution in [1.29, 1.82) is 0 Å². The predicted molar refractivity (Wildman–Crippen MR) is 91.5 cm³/mol. The molecule has 0 atom stereocenters. The fourth-order valence-corrected chi connectivity index (χ4v) is 2.58. The Balaban J connectivity index is 2.29. The summed E-state index contributed by atoms with van der Waals surface area (Å²) < 4.78 is 16.7. The molecule has 4 nitrogen and oxygen atoms in total. The van der Waals surface area contributed by atoms with Gasteiger partial charge in [-0.25, -0.2) is 4.98 Å². The van der Waals surface area contributed by atoms with Crippen LogP contribution in [0.5, 0.6) is 17.2 Å². The molecule has 3 aromatic rings. The fraction of sp³-hybridized carbons (Fsp3) is 0.211. The van der Waals surface area contributed by atoms with E-state index >= 15 is 0 Å². The molecule has 1 heterocycles. The largest absolute Gasteiger partial charge is 0.497 e. The molecule has 4 heteroatoms. The van der Waals surface area contributed by atoms with Crippen LogP contribution in [0.1, 0.15) is 6.92 Å². The molecule has 0 saturated heterocycles. The number of fused-ring (bicyclic) bond motifs is 1. The van der Waals surface area contributed by atoms with Gasteiger partial charge in [-0.05, 0) is 6.92 Å². The first-order chi connectivity index (χ1) is 11.3. The number of pyridine rings is 1. The Morgan fingerprint density at radius 3 is 2.35 bits per heavy atom. The van der Waals surface area contributed by atoms with Crippen molar-refractivity contribution in [2.24, 2.45) is 0 Å². The molecule has 0 spiro atoms. The Kier molecular flexibility index (Phi) is 4.33. The van der Waals surface area contributed by atoms with E-state index in [2.05, 4.69) is 0 Å². The molecule has 0 N–H and O–H groups in total. The number of nitrogens with zero attached hydrogens (tertiary/aromatic N) is 1. The van der Waals surface area contributed by atoms with Crippen LogP contribution in [0.2, 0.25) is 0 Å². The van der Waals surface area contributed by atoms with E-state index < -0.39 is 0 Å². The maximum Gasteiger partial charge on any atom is 0.135 e. The Morgan fingerprint density at radius 1 is 0.913 bits per heavy atom. The summed E-state index contributed by atoms with van der Waals surface area (Å²) in [5, 5.41) is 0.856. The van der Waals surface area contributed by atoms with Gasteiger partial charge in [0.15, 0.2) is 0 Å². The lowest BCUT2D eigenvalue weighted by atomic mass is 10.1. The third-order valence-corrected chi connectivity index (χ3v) is 3.63.